The average Bonchev–Trinajstić information content (AvgIpc) is 2.33. The molecular weight excluding hydrogens is 262 g/mol. The average molecular weight is 283 g/mol. The first-order chi connectivity index (χ1) is 8.90. The lowest BCUT2D eigenvalue weighted by Crippen LogP contribution is -2.50. The van der Waals surface area contributed by atoms with Crippen molar-refractivity contribution in [2.24, 2.45) is 0 Å². The fourth-order valence-electron chi connectivity index (χ4n) is 2.10. The van der Waals surface area contributed by atoms with E-state index in [1.165, 1.54) is 0 Å². The lowest BCUT2D eigenvalue weighted by atomic mass is 10.2. The predicted molar refractivity (Wildman–Crippen MR) is 77.1 cm³/mol. The summed E-state index contributed by atoms with van der Waals surface area (Å²) in [5, 5.41) is 0. The van der Waals surface area contributed by atoms with Crippen LogP contribution in [0.15, 0.2) is 12.4 Å². The predicted octanol–water partition coefficient (Wildman–Crippen LogP) is 1.61. The molecule has 1 aromatic rings. The van der Waals surface area contributed by atoms with E-state index in [4.69, 9.17) is 4.74 Å². The molecule has 0 amide bonds. The fraction of sp³-hybridized carbons (Fsp3) is 0.692. The molecule has 19 heavy (non-hydrogen) atoms. The van der Waals surface area contributed by atoms with Gasteiger partial charge in [-0.05, 0) is 27.7 Å². The van der Waals surface area contributed by atoms with Crippen LogP contribution in [0.2, 0.25) is 0 Å². The van der Waals surface area contributed by atoms with Crippen molar-refractivity contribution in [2.75, 3.05) is 23.7 Å². The van der Waals surface area contributed by atoms with Crippen molar-refractivity contribution in [3.8, 4) is 5.88 Å². The third-order valence-electron chi connectivity index (χ3n) is 3.03. The van der Waals surface area contributed by atoms with Crippen molar-refractivity contribution in [1.29, 1.82) is 0 Å². The van der Waals surface area contributed by atoms with Gasteiger partial charge in [0.2, 0.25) is 0 Å². The molecule has 0 radical (unpaired) electrons. The zero-order chi connectivity index (χ0) is 14.0. The van der Waals surface area contributed by atoms with Gasteiger partial charge in [-0.2, -0.15) is 0 Å². The van der Waals surface area contributed by atoms with Crippen LogP contribution in [0.4, 0.5) is 5.82 Å². The second kappa shape index (κ2) is 5.45. The highest BCUT2D eigenvalue weighted by atomic mass is 32.2. The van der Waals surface area contributed by atoms with Crippen molar-refractivity contribution in [3.05, 3.63) is 12.4 Å². The van der Waals surface area contributed by atoms with Crippen LogP contribution in [0.25, 0.3) is 0 Å². The molecule has 0 aliphatic carbocycles. The minimum absolute atomic E-state index is 0.0578. The monoisotopic (exact) mass is 283 g/mol. The molecule has 5 nitrogen and oxygen atoms in total. The Morgan fingerprint density at radius 2 is 2.05 bits per heavy atom. The van der Waals surface area contributed by atoms with Crippen LogP contribution >= 0.6 is 0 Å². The molecule has 0 bridgehead atoms. The van der Waals surface area contributed by atoms with Crippen LogP contribution < -0.4 is 9.64 Å². The van der Waals surface area contributed by atoms with Crippen LogP contribution in [0.5, 0.6) is 5.88 Å². The van der Waals surface area contributed by atoms with Gasteiger partial charge in [-0.15, -0.1) is 0 Å². The molecule has 1 atom stereocenters. The van der Waals surface area contributed by atoms with Gasteiger partial charge in [0.05, 0.1) is 10.9 Å². The third-order valence-corrected chi connectivity index (χ3v) is 4.94. The summed E-state index contributed by atoms with van der Waals surface area (Å²) in [6, 6.07) is 0. The van der Waals surface area contributed by atoms with E-state index in [9.17, 15) is 4.21 Å². The van der Waals surface area contributed by atoms with E-state index in [1.54, 1.807) is 12.4 Å². The first kappa shape index (κ1) is 14.2. The minimum Gasteiger partial charge on any atom is -0.472 e. The molecular formula is C13H21N3O2S. The van der Waals surface area contributed by atoms with E-state index in [0.29, 0.717) is 18.2 Å². The minimum atomic E-state index is -0.793. The molecule has 0 N–H and O–H groups in total. The highest BCUT2D eigenvalue weighted by Gasteiger charge is 2.34. The summed E-state index contributed by atoms with van der Waals surface area (Å²) in [6.07, 6.45) is 3.36. The molecule has 0 spiro atoms. The standard InChI is InChI=1S/C13H21N3O2S/c1-10(2)18-12-11(14-5-6-15-12)16-7-8-19(17)13(3,4)9-16/h5-6,10H,7-9H2,1-4H3. The Kier molecular flexibility index (Phi) is 4.08. The van der Waals surface area contributed by atoms with Crippen molar-refractivity contribution in [3.63, 3.8) is 0 Å². The molecule has 0 aromatic carbocycles. The quantitative estimate of drug-likeness (QED) is 0.843. The molecule has 1 aromatic heterocycles. The number of anilines is 1. The summed E-state index contributed by atoms with van der Waals surface area (Å²) in [5.74, 6) is 1.96. The zero-order valence-electron chi connectivity index (χ0n) is 11.9. The van der Waals surface area contributed by atoms with E-state index in [0.717, 1.165) is 12.4 Å². The van der Waals surface area contributed by atoms with E-state index < -0.39 is 10.8 Å². The molecule has 1 saturated heterocycles. The van der Waals surface area contributed by atoms with Gasteiger partial charge in [0.25, 0.3) is 5.88 Å². The molecule has 6 heteroatoms. The van der Waals surface area contributed by atoms with Crippen molar-refractivity contribution in [2.45, 2.75) is 38.5 Å². The van der Waals surface area contributed by atoms with Gasteiger partial charge in [0.1, 0.15) is 0 Å². The normalized spacial score (nSPS) is 22.6. The smallest absolute Gasteiger partial charge is 0.257 e. The second-order valence-electron chi connectivity index (χ2n) is 5.58. The van der Waals surface area contributed by atoms with Gasteiger partial charge < -0.3 is 9.64 Å². The molecule has 1 unspecified atom stereocenters. The topological polar surface area (TPSA) is 55.3 Å². The fourth-order valence-corrected chi connectivity index (χ4v) is 3.34. The Balaban J connectivity index is 2.25. The highest BCUT2D eigenvalue weighted by molar-refractivity contribution is 7.86. The number of hydrogen-bond donors (Lipinski definition) is 0. The first-order valence-electron chi connectivity index (χ1n) is 6.51. The van der Waals surface area contributed by atoms with Crippen molar-refractivity contribution >= 4 is 16.6 Å². The maximum absolute atomic E-state index is 12.0. The molecule has 1 aliphatic rings. The highest BCUT2D eigenvalue weighted by Crippen LogP contribution is 2.29. The lowest BCUT2D eigenvalue weighted by molar-refractivity contribution is 0.232. The van der Waals surface area contributed by atoms with E-state index in [2.05, 4.69) is 14.9 Å². The van der Waals surface area contributed by atoms with E-state index in [-0.39, 0.29) is 10.9 Å². The summed E-state index contributed by atoms with van der Waals surface area (Å²) in [7, 11) is -0.793. The van der Waals surface area contributed by atoms with Crippen LogP contribution in [-0.2, 0) is 10.8 Å². The number of hydrogen-bond acceptors (Lipinski definition) is 5. The van der Waals surface area contributed by atoms with Gasteiger partial charge in [0.15, 0.2) is 5.82 Å². The molecule has 0 saturated carbocycles. The first-order valence-corrected chi connectivity index (χ1v) is 7.83. The number of ether oxygens (including phenoxy) is 1. The van der Waals surface area contributed by atoms with Gasteiger partial charge in [-0.3, -0.25) is 4.21 Å². The number of aromatic nitrogens is 2. The molecule has 2 rings (SSSR count). The van der Waals surface area contributed by atoms with Gasteiger partial charge in [-0.1, -0.05) is 0 Å². The Hall–Kier alpha value is -1.17. The van der Waals surface area contributed by atoms with E-state index in [1.807, 2.05) is 27.7 Å². The number of rotatable bonds is 3. The van der Waals surface area contributed by atoms with Crippen LogP contribution in [-0.4, -0.2) is 43.9 Å². The summed E-state index contributed by atoms with van der Waals surface area (Å²) < 4.78 is 17.4. The number of nitrogens with zero attached hydrogens (tertiary/aromatic N) is 3. The Labute approximate surface area is 116 Å². The largest absolute Gasteiger partial charge is 0.472 e. The maximum Gasteiger partial charge on any atom is 0.257 e. The molecule has 2 heterocycles. The maximum atomic E-state index is 12.0. The van der Waals surface area contributed by atoms with Gasteiger partial charge in [-0.25, -0.2) is 9.97 Å². The third kappa shape index (κ3) is 3.23. The van der Waals surface area contributed by atoms with Crippen molar-refractivity contribution < 1.29 is 8.95 Å². The lowest BCUT2D eigenvalue weighted by Gasteiger charge is -2.38. The van der Waals surface area contributed by atoms with Crippen LogP contribution in [0, 0.1) is 0 Å². The van der Waals surface area contributed by atoms with Gasteiger partial charge >= 0.3 is 0 Å². The SMILES string of the molecule is CC(C)Oc1nccnc1N1CCS(=O)C(C)(C)C1. The summed E-state index contributed by atoms with van der Waals surface area (Å²) in [6.45, 7) is 9.40. The Bertz CT molecular complexity index is 477. The molecule has 1 aliphatic heterocycles. The Morgan fingerprint density at radius 3 is 2.68 bits per heavy atom. The summed E-state index contributed by atoms with van der Waals surface area (Å²) >= 11 is 0. The van der Waals surface area contributed by atoms with Crippen LogP contribution in [0.3, 0.4) is 0 Å². The van der Waals surface area contributed by atoms with Crippen molar-refractivity contribution in [1.82, 2.24) is 9.97 Å². The second-order valence-corrected chi connectivity index (χ2v) is 7.79. The zero-order valence-corrected chi connectivity index (χ0v) is 12.7. The van der Waals surface area contributed by atoms with E-state index >= 15 is 0 Å². The van der Waals surface area contributed by atoms with Gasteiger partial charge in [0, 0.05) is 42.0 Å². The molecule has 106 valence electrons. The summed E-state index contributed by atoms with van der Waals surface area (Å²) in [4.78, 5) is 10.8. The van der Waals surface area contributed by atoms with Crippen LogP contribution in [0.1, 0.15) is 27.7 Å². The molecule has 1 fully saturated rings. The summed E-state index contributed by atoms with van der Waals surface area (Å²) in [5.41, 5.74) is 0. The Morgan fingerprint density at radius 1 is 1.37 bits per heavy atom.